The van der Waals surface area contributed by atoms with E-state index in [1.54, 1.807) is 7.11 Å². The van der Waals surface area contributed by atoms with E-state index in [0.29, 0.717) is 0 Å². The lowest BCUT2D eigenvalue weighted by Crippen LogP contribution is -2.32. The van der Waals surface area contributed by atoms with Crippen molar-refractivity contribution in [1.29, 1.82) is 0 Å². The van der Waals surface area contributed by atoms with Gasteiger partial charge in [-0.05, 0) is 51.3 Å². The number of anilines is 1. The molecule has 3 heteroatoms. The van der Waals surface area contributed by atoms with Crippen LogP contribution >= 0.6 is 0 Å². The van der Waals surface area contributed by atoms with Gasteiger partial charge in [0.05, 0.1) is 12.8 Å². The third-order valence-corrected chi connectivity index (χ3v) is 2.67. The van der Waals surface area contributed by atoms with Gasteiger partial charge < -0.3 is 15.8 Å². The fraction of sp³-hybridized carbons (Fsp3) is 0.571. The predicted molar refractivity (Wildman–Crippen MR) is 73.7 cm³/mol. The minimum Gasteiger partial charge on any atom is -0.495 e. The molecule has 0 aliphatic carbocycles. The summed E-state index contributed by atoms with van der Waals surface area (Å²) >= 11 is 0. The molecule has 0 saturated heterocycles. The Hall–Kier alpha value is -1.22. The minimum absolute atomic E-state index is 0.0849. The van der Waals surface area contributed by atoms with Gasteiger partial charge in [-0.25, -0.2) is 0 Å². The summed E-state index contributed by atoms with van der Waals surface area (Å²) in [5.41, 5.74) is 8.14. The highest BCUT2D eigenvalue weighted by Gasteiger charge is 2.09. The molecule has 0 radical (unpaired) electrons. The fourth-order valence-corrected chi connectivity index (χ4v) is 1.73. The van der Waals surface area contributed by atoms with Gasteiger partial charge in [-0.1, -0.05) is 6.07 Å². The van der Waals surface area contributed by atoms with Crippen LogP contribution in [0.2, 0.25) is 0 Å². The van der Waals surface area contributed by atoms with E-state index in [1.165, 1.54) is 5.56 Å². The Kier molecular flexibility index (Phi) is 4.82. The Labute approximate surface area is 104 Å². The first-order chi connectivity index (χ1) is 7.92. The second-order valence-electron chi connectivity index (χ2n) is 5.22. The molecule has 0 amide bonds. The normalized spacial score (nSPS) is 11.4. The summed E-state index contributed by atoms with van der Waals surface area (Å²) in [6.45, 7) is 7.11. The first kappa shape index (κ1) is 13.8. The SMILES string of the molecule is COc1ccc(C)cc1NCCCC(C)(C)N. The van der Waals surface area contributed by atoms with Gasteiger partial charge in [-0.15, -0.1) is 0 Å². The van der Waals surface area contributed by atoms with E-state index in [-0.39, 0.29) is 5.54 Å². The van der Waals surface area contributed by atoms with E-state index in [0.717, 1.165) is 30.8 Å². The van der Waals surface area contributed by atoms with E-state index in [1.807, 2.05) is 12.1 Å². The minimum atomic E-state index is -0.0849. The number of methoxy groups -OCH3 is 1. The third kappa shape index (κ3) is 5.09. The summed E-state index contributed by atoms with van der Waals surface area (Å²) in [7, 11) is 1.69. The number of hydrogen-bond acceptors (Lipinski definition) is 3. The van der Waals surface area contributed by atoms with Crippen LogP contribution in [-0.4, -0.2) is 19.2 Å². The highest BCUT2D eigenvalue weighted by atomic mass is 16.5. The third-order valence-electron chi connectivity index (χ3n) is 2.67. The van der Waals surface area contributed by atoms with Crippen molar-refractivity contribution in [2.75, 3.05) is 19.0 Å². The molecule has 1 aromatic rings. The number of ether oxygens (including phenoxy) is 1. The number of hydrogen-bond donors (Lipinski definition) is 2. The molecule has 1 rings (SSSR count). The van der Waals surface area contributed by atoms with Crippen LogP contribution < -0.4 is 15.8 Å². The van der Waals surface area contributed by atoms with Gasteiger partial charge >= 0.3 is 0 Å². The van der Waals surface area contributed by atoms with E-state index >= 15 is 0 Å². The van der Waals surface area contributed by atoms with Crippen molar-refractivity contribution < 1.29 is 4.74 Å². The summed E-state index contributed by atoms with van der Waals surface area (Å²) in [5, 5.41) is 3.40. The zero-order chi connectivity index (χ0) is 12.9. The molecule has 0 unspecified atom stereocenters. The van der Waals surface area contributed by atoms with Crippen molar-refractivity contribution in [3.63, 3.8) is 0 Å². The van der Waals surface area contributed by atoms with E-state index in [2.05, 4.69) is 32.2 Å². The molecule has 0 aliphatic heterocycles. The highest BCUT2D eigenvalue weighted by molar-refractivity contribution is 5.57. The van der Waals surface area contributed by atoms with Crippen molar-refractivity contribution in [3.8, 4) is 5.75 Å². The Balaban J connectivity index is 2.48. The van der Waals surface area contributed by atoms with Crippen molar-refractivity contribution in [2.45, 2.75) is 39.2 Å². The monoisotopic (exact) mass is 236 g/mol. The van der Waals surface area contributed by atoms with Crippen LogP contribution in [0.25, 0.3) is 0 Å². The van der Waals surface area contributed by atoms with Crippen LogP contribution in [0.4, 0.5) is 5.69 Å². The molecule has 1 aromatic carbocycles. The highest BCUT2D eigenvalue weighted by Crippen LogP contribution is 2.25. The van der Waals surface area contributed by atoms with Crippen LogP contribution in [0.15, 0.2) is 18.2 Å². The number of benzene rings is 1. The molecule has 0 bridgehead atoms. The Morgan fingerprint density at radius 2 is 2.06 bits per heavy atom. The molecule has 0 fully saturated rings. The molecule has 0 heterocycles. The van der Waals surface area contributed by atoms with Gasteiger partial charge in [0.25, 0.3) is 0 Å². The van der Waals surface area contributed by atoms with Crippen molar-refractivity contribution in [3.05, 3.63) is 23.8 Å². The molecule has 0 saturated carbocycles. The Bertz CT molecular complexity index is 356. The Morgan fingerprint density at radius 1 is 1.35 bits per heavy atom. The quantitative estimate of drug-likeness (QED) is 0.747. The largest absolute Gasteiger partial charge is 0.495 e. The lowest BCUT2D eigenvalue weighted by atomic mass is 10.0. The number of nitrogens with one attached hydrogen (secondary N) is 1. The standard InChI is InChI=1S/C14H24N2O/c1-11-6-7-13(17-4)12(10-11)16-9-5-8-14(2,3)15/h6-7,10,16H,5,8-9,15H2,1-4H3. The number of nitrogens with two attached hydrogens (primary N) is 1. The molecule has 17 heavy (non-hydrogen) atoms. The van der Waals surface area contributed by atoms with Gasteiger partial charge in [-0.3, -0.25) is 0 Å². The van der Waals surface area contributed by atoms with Gasteiger partial charge in [0.2, 0.25) is 0 Å². The van der Waals surface area contributed by atoms with E-state index in [9.17, 15) is 0 Å². The van der Waals surface area contributed by atoms with Crippen LogP contribution in [0.1, 0.15) is 32.3 Å². The first-order valence-electron chi connectivity index (χ1n) is 6.10. The summed E-state index contributed by atoms with van der Waals surface area (Å²) in [6, 6.07) is 6.14. The summed E-state index contributed by atoms with van der Waals surface area (Å²) < 4.78 is 5.31. The lowest BCUT2D eigenvalue weighted by molar-refractivity contribution is 0.416. The molecule has 96 valence electrons. The summed E-state index contributed by atoms with van der Waals surface area (Å²) in [5.74, 6) is 0.891. The lowest BCUT2D eigenvalue weighted by Gasteiger charge is -2.18. The van der Waals surface area contributed by atoms with Crippen LogP contribution in [-0.2, 0) is 0 Å². The predicted octanol–water partition coefficient (Wildman–Crippen LogP) is 2.93. The first-order valence-corrected chi connectivity index (χ1v) is 6.10. The number of rotatable bonds is 6. The van der Waals surface area contributed by atoms with Gasteiger partial charge in [0, 0.05) is 12.1 Å². The molecule has 0 atom stereocenters. The number of aryl methyl sites for hydroxylation is 1. The maximum atomic E-state index is 5.94. The average Bonchev–Trinajstić information content (AvgIpc) is 2.23. The van der Waals surface area contributed by atoms with Crippen molar-refractivity contribution in [2.24, 2.45) is 5.73 Å². The van der Waals surface area contributed by atoms with E-state index < -0.39 is 0 Å². The maximum absolute atomic E-state index is 5.94. The smallest absolute Gasteiger partial charge is 0.141 e. The maximum Gasteiger partial charge on any atom is 0.141 e. The molecule has 0 spiro atoms. The van der Waals surface area contributed by atoms with E-state index in [4.69, 9.17) is 10.5 Å². The summed E-state index contributed by atoms with van der Waals surface area (Å²) in [4.78, 5) is 0. The molecule has 0 aromatic heterocycles. The average molecular weight is 236 g/mol. The van der Waals surface area contributed by atoms with Gasteiger partial charge in [0.1, 0.15) is 5.75 Å². The second-order valence-corrected chi connectivity index (χ2v) is 5.22. The van der Waals surface area contributed by atoms with Crippen LogP contribution in [0, 0.1) is 6.92 Å². The molecule has 3 N–H and O–H groups in total. The van der Waals surface area contributed by atoms with Crippen LogP contribution in [0.3, 0.4) is 0 Å². The zero-order valence-corrected chi connectivity index (χ0v) is 11.3. The van der Waals surface area contributed by atoms with Crippen LogP contribution in [0.5, 0.6) is 5.75 Å². The van der Waals surface area contributed by atoms with Gasteiger partial charge in [-0.2, -0.15) is 0 Å². The zero-order valence-electron chi connectivity index (χ0n) is 11.3. The topological polar surface area (TPSA) is 47.3 Å². The van der Waals surface area contributed by atoms with Gasteiger partial charge in [0.15, 0.2) is 0 Å². The summed E-state index contributed by atoms with van der Waals surface area (Å²) in [6.07, 6.45) is 2.06. The fourth-order valence-electron chi connectivity index (χ4n) is 1.73. The van der Waals surface area contributed by atoms with Crippen molar-refractivity contribution in [1.82, 2.24) is 0 Å². The van der Waals surface area contributed by atoms with Crippen molar-refractivity contribution >= 4 is 5.69 Å². The molecular weight excluding hydrogens is 212 g/mol. The molecular formula is C14H24N2O. The second kappa shape index (κ2) is 5.92. The molecule has 3 nitrogen and oxygen atoms in total. The molecule has 0 aliphatic rings. The Morgan fingerprint density at radius 3 is 2.65 bits per heavy atom.